The molecule has 5 rings (SSSR count). The Morgan fingerprint density at radius 3 is 2.35 bits per heavy atom. The highest BCUT2D eigenvalue weighted by molar-refractivity contribution is 7.43. The van der Waals surface area contributed by atoms with Crippen molar-refractivity contribution < 1.29 is 4.52 Å². The molecule has 0 amide bonds. The first-order valence-electron chi connectivity index (χ1n) is 7.55. The molecule has 3 aromatic carbocycles. The number of benzene rings is 3. The van der Waals surface area contributed by atoms with E-state index in [-0.39, 0.29) is 0 Å². The van der Waals surface area contributed by atoms with Crippen LogP contribution in [0, 0.1) is 0 Å². The molecule has 23 heavy (non-hydrogen) atoms. The molecule has 1 aromatic heterocycles. The summed E-state index contributed by atoms with van der Waals surface area (Å²) in [5.41, 5.74) is 3.73. The van der Waals surface area contributed by atoms with Gasteiger partial charge in [-0.3, -0.25) is 0 Å². The second-order valence-electron chi connectivity index (χ2n) is 5.31. The third-order valence-electron chi connectivity index (χ3n) is 3.84. The molecular formula is C20H16NOP. The summed E-state index contributed by atoms with van der Waals surface area (Å²) in [7, 11) is 0.440. The van der Waals surface area contributed by atoms with E-state index in [2.05, 4.69) is 53.5 Å². The molecule has 1 unspecified atom stereocenters. The number of aromatic amines is 1. The van der Waals surface area contributed by atoms with Gasteiger partial charge in [-0.05, 0) is 29.1 Å². The van der Waals surface area contributed by atoms with Crippen LogP contribution in [0.4, 0.5) is 0 Å². The Balaban J connectivity index is 0.000000130. The lowest BCUT2D eigenvalue weighted by molar-refractivity contribution is 0.638. The maximum absolute atomic E-state index is 5.68. The van der Waals surface area contributed by atoms with E-state index < -0.39 is 0 Å². The van der Waals surface area contributed by atoms with Crippen molar-refractivity contribution in [2.45, 2.75) is 0 Å². The van der Waals surface area contributed by atoms with E-state index in [4.69, 9.17) is 4.52 Å². The third-order valence-corrected chi connectivity index (χ3v) is 4.82. The molecule has 0 saturated heterocycles. The number of H-pyrrole nitrogens is 1. The largest absolute Gasteiger partial charge is 0.472 e. The third kappa shape index (κ3) is 2.86. The first kappa shape index (κ1) is 14.0. The van der Waals surface area contributed by atoms with Crippen molar-refractivity contribution >= 4 is 25.0 Å². The van der Waals surface area contributed by atoms with Crippen molar-refractivity contribution in [2.75, 3.05) is 0 Å². The molecule has 0 saturated carbocycles. The number of hydrogen-bond acceptors (Lipinski definition) is 1. The Morgan fingerprint density at radius 1 is 0.696 bits per heavy atom. The van der Waals surface area contributed by atoms with Crippen LogP contribution < -0.4 is 9.83 Å². The minimum atomic E-state index is 0.440. The van der Waals surface area contributed by atoms with E-state index in [1.165, 1.54) is 27.3 Å². The molecular weight excluding hydrogens is 301 g/mol. The highest BCUT2D eigenvalue weighted by Gasteiger charge is 2.15. The van der Waals surface area contributed by atoms with E-state index in [9.17, 15) is 0 Å². The van der Waals surface area contributed by atoms with Crippen molar-refractivity contribution in [1.29, 1.82) is 0 Å². The minimum absolute atomic E-state index is 0.440. The fourth-order valence-corrected chi connectivity index (χ4v) is 3.58. The Morgan fingerprint density at radius 2 is 1.43 bits per heavy atom. The highest BCUT2D eigenvalue weighted by Crippen LogP contribution is 2.38. The van der Waals surface area contributed by atoms with Crippen molar-refractivity contribution in [3.63, 3.8) is 0 Å². The van der Waals surface area contributed by atoms with Gasteiger partial charge in [0.2, 0.25) is 0 Å². The Hall–Kier alpha value is -2.57. The second-order valence-corrected chi connectivity index (χ2v) is 6.26. The van der Waals surface area contributed by atoms with Gasteiger partial charge in [-0.2, -0.15) is 0 Å². The maximum Gasteiger partial charge on any atom is 0.131 e. The summed E-state index contributed by atoms with van der Waals surface area (Å²) in [4.78, 5) is 3.12. The predicted octanol–water partition coefficient (Wildman–Crippen LogP) is 5.13. The van der Waals surface area contributed by atoms with Gasteiger partial charge in [0.25, 0.3) is 0 Å². The Kier molecular flexibility index (Phi) is 3.83. The fraction of sp³-hybridized carbons (Fsp3) is 0. The van der Waals surface area contributed by atoms with Crippen molar-refractivity contribution in [1.82, 2.24) is 4.98 Å². The van der Waals surface area contributed by atoms with Gasteiger partial charge in [0.15, 0.2) is 0 Å². The molecule has 4 aromatic rings. The monoisotopic (exact) mass is 317 g/mol. The Labute approximate surface area is 137 Å². The first-order valence-corrected chi connectivity index (χ1v) is 8.46. The predicted molar refractivity (Wildman–Crippen MR) is 98.8 cm³/mol. The van der Waals surface area contributed by atoms with Crippen LogP contribution in [-0.2, 0) is 0 Å². The molecule has 0 spiro atoms. The van der Waals surface area contributed by atoms with Crippen LogP contribution in [0.5, 0.6) is 5.75 Å². The summed E-state index contributed by atoms with van der Waals surface area (Å²) in [5.74, 6) is 1.00. The minimum Gasteiger partial charge on any atom is -0.472 e. The van der Waals surface area contributed by atoms with Crippen molar-refractivity contribution in [2.24, 2.45) is 0 Å². The summed E-state index contributed by atoms with van der Waals surface area (Å²) >= 11 is 0. The molecule has 0 aliphatic carbocycles. The normalized spacial score (nSPS) is 12.7. The number of aromatic nitrogens is 1. The lowest BCUT2D eigenvalue weighted by atomic mass is 10.0. The lowest BCUT2D eigenvalue weighted by Gasteiger charge is -2.19. The van der Waals surface area contributed by atoms with Crippen molar-refractivity contribution in [3.05, 3.63) is 85.1 Å². The molecule has 112 valence electrons. The average molecular weight is 317 g/mol. The van der Waals surface area contributed by atoms with E-state index >= 15 is 0 Å². The van der Waals surface area contributed by atoms with Gasteiger partial charge in [-0.1, -0.05) is 60.7 Å². The fourth-order valence-electron chi connectivity index (χ4n) is 2.69. The summed E-state index contributed by atoms with van der Waals surface area (Å²) < 4.78 is 5.68. The van der Waals surface area contributed by atoms with Gasteiger partial charge in [0.05, 0.1) is 0 Å². The molecule has 0 radical (unpaired) electrons. The zero-order valence-corrected chi connectivity index (χ0v) is 13.5. The quantitative estimate of drug-likeness (QED) is 0.447. The molecule has 1 atom stereocenters. The second kappa shape index (κ2) is 6.28. The van der Waals surface area contributed by atoms with E-state index in [0.717, 1.165) is 5.75 Å². The maximum atomic E-state index is 5.68. The molecule has 1 aliphatic rings. The zero-order chi connectivity index (χ0) is 15.5. The van der Waals surface area contributed by atoms with Gasteiger partial charge >= 0.3 is 0 Å². The van der Waals surface area contributed by atoms with Crippen LogP contribution in [0.15, 0.2) is 85.1 Å². The van der Waals surface area contributed by atoms with Gasteiger partial charge < -0.3 is 9.51 Å². The molecule has 3 heteroatoms. The van der Waals surface area contributed by atoms with Crippen LogP contribution in [0.1, 0.15) is 0 Å². The van der Waals surface area contributed by atoms with E-state index in [1.54, 1.807) is 0 Å². The number of hydrogen-bond donors (Lipinski definition) is 1. The topological polar surface area (TPSA) is 25.0 Å². The smallest absolute Gasteiger partial charge is 0.131 e. The van der Waals surface area contributed by atoms with Crippen LogP contribution in [0.2, 0.25) is 0 Å². The van der Waals surface area contributed by atoms with Crippen LogP contribution in [0.3, 0.4) is 0 Å². The zero-order valence-electron chi connectivity index (χ0n) is 12.5. The summed E-state index contributed by atoms with van der Waals surface area (Å²) in [6, 6.07) is 26.9. The van der Waals surface area contributed by atoms with E-state index in [0.29, 0.717) is 8.81 Å². The molecule has 2 heterocycles. The Bertz CT molecular complexity index is 869. The molecule has 0 fully saturated rings. The standard InChI is InChI=1S/C12H9OP.C8H7N/c1-3-7-11-9(5-1)10-6-2-4-8-12(10)14-13-11;1-2-4-8-7(3-1)5-6-9-8/h1-8,14H;1-6,9H. The van der Waals surface area contributed by atoms with Gasteiger partial charge in [-0.25, -0.2) is 0 Å². The van der Waals surface area contributed by atoms with Gasteiger partial charge in [0, 0.05) is 22.6 Å². The van der Waals surface area contributed by atoms with Gasteiger partial charge in [-0.15, -0.1) is 0 Å². The molecule has 1 N–H and O–H groups in total. The first-order chi connectivity index (χ1) is 11.4. The van der Waals surface area contributed by atoms with Crippen LogP contribution in [0.25, 0.3) is 22.0 Å². The number of rotatable bonds is 0. The number of para-hydroxylation sites is 2. The summed E-state index contributed by atoms with van der Waals surface area (Å²) in [6.45, 7) is 0. The van der Waals surface area contributed by atoms with Crippen molar-refractivity contribution in [3.8, 4) is 16.9 Å². The highest BCUT2D eigenvalue weighted by atomic mass is 31.1. The van der Waals surface area contributed by atoms with Crippen LogP contribution in [-0.4, -0.2) is 4.98 Å². The van der Waals surface area contributed by atoms with Crippen LogP contribution >= 0.6 is 8.81 Å². The lowest BCUT2D eigenvalue weighted by Crippen LogP contribution is -2.06. The molecule has 0 bridgehead atoms. The SMILES string of the molecule is c1ccc2[nH]ccc2c1.c1ccc2c(c1)OPc1ccccc1-2. The summed E-state index contributed by atoms with van der Waals surface area (Å²) in [5, 5.41) is 2.57. The van der Waals surface area contributed by atoms with Gasteiger partial charge in [0.1, 0.15) is 14.6 Å². The summed E-state index contributed by atoms with van der Waals surface area (Å²) in [6.07, 6.45) is 1.95. The number of fused-ring (bicyclic) bond motifs is 4. The molecule has 1 aliphatic heterocycles. The van der Waals surface area contributed by atoms with E-state index in [1.807, 2.05) is 36.5 Å². The average Bonchev–Trinajstić information content (AvgIpc) is 3.11. The number of nitrogens with one attached hydrogen (secondary N) is 1. The molecule has 2 nitrogen and oxygen atoms in total.